The van der Waals surface area contributed by atoms with Gasteiger partial charge in [0.25, 0.3) is 0 Å². The molecule has 21 heavy (non-hydrogen) atoms. The van der Waals surface area contributed by atoms with Crippen LogP contribution in [0, 0.1) is 5.92 Å². The minimum atomic E-state index is -0.461. The predicted molar refractivity (Wildman–Crippen MR) is 85.5 cm³/mol. The molecule has 1 fully saturated rings. The molecule has 2 unspecified atom stereocenters. The Labute approximate surface area is 128 Å². The molecule has 2 N–H and O–H groups in total. The topological polar surface area (TPSA) is 66.0 Å². The van der Waals surface area contributed by atoms with Gasteiger partial charge in [-0.1, -0.05) is 6.92 Å². The molecule has 0 bridgehead atoms. The second-order valence-electron chi connectivity index (χ2n) is 6.52. The Bertz CT molecular complexity index is 376. The maximum absolute atomic E-state index is 12.0. The van der Waals surface area contributed by atoms with Gasteiger partial charge in [-0.15, -0.1) is 0 Å². The molecule has 6 heteroatoms. The molecule has 0 aromatic heterocycles. The fourth-order valence-corrected chi connectivity index (χ4v) is 1.91. The predicted octanol–water partition coefficient (Wildman–Crippen LogP) is 1.82. The van der Waals surface area contributed by atoms with Crippen LogP contribution >= 0.6 is 0 Å². The molecule has 0 aromatic carbocycles. The van der Waals surface area contributed by atoms with E-state index in [1.54, 1.807) is 11.9 Å². The third-order valence-electron chi connectivity index (χ3n) is 3.36. The zero-order valence-electron chi connectivity index (χ0n) is 14.2. The second kappa shape index (κ2) is 7.52. The smallest absolute Gasteiger partial charge is 0.410 e. The number of ether oxygens (including phenoxy) is 1. The van der Waals surface area contributed by atoms with Crippen molar-refractivity contribution in [2.24, 2.45) is 10.9 Å². The van der Waals surface area contributed by atoms with Crippen molar-refractivity contribution in [1.82, 2.24) is 15.5 Å². The Morgan fingerprint density at radius 3 is 2.48 bits per heavy atom. The summed E-state index contributed by atoms with van der Waals surface area (Å²) < 4.78 is 5.38. The number of likely N-dealkylation sites (N-methyl/N-ethyl adjacent to an activating group) is 1. The van der Waals surface area contributed by atoms with Gasteiger partial charge in [-0.05, 0) is 40.0 Å². The van der Waals surface area contributed by atoms with E-state index in [1.165, 1.54) is 6.42 Å². The van der Waals surface area contributed by atoms with Crippen LogP contribution in [0.2, 0.25) is 0 Å². The summed E-state index contributed by atoms with van der Waals surface area (Å²) in [7, 11) is 1.76. The third-order valence-corrected chi connectivity index (χ3v) is 3.36. The van der Waals surface area contributed by atoms with Crippen LogP contribution in [-0.2, 0) is 4.74 Å². The summed E-state index contributed by atoms with van der Waals surface area (Å²) in [4.78, 5) is 17.9. The second-order valence-corrected chi connectivity index (χ2v) is 6.52. The van der Waals surface area contributed by atoms with Gasteiger partial charge in [-0.25, -0.2) is 4.79 Å². The Balaban J connectivity index is 2.32. The fourth-order valence-electron chi connectivity index (χ4n) is 1.91. The van der Waals surface area contributed by atoms with Crippen LogP contribution in [0.5, 0.6) is 0 Å². The maximum atomic E-state index is 12.0. The maximum Gasteiger partial charge on any atom is 0.410 e. The highest BCUT2D eigenvalue weighted by atomic mass is 16.6. The lowest BCUT2D eigenvalue weighted by Crippen LogP contribution is -2.45. The first-order valence-electron chi connectivity index (χ1n) is 7.72. The van der Waals surface area contributed by atoms with Crippen molar-refractivity contribution in [3.05, 3.63) is 0 Å². The van der Waals surface area contributed by atoms with Crippen molar-refractivity contribution in [3.8, 4) is 0 Å². The summed E-state index contributed by atoms with van der Waals surface area (Å²) in [6.45, 7) is 11.6. The average molecular weight is 298 g/mol. The van der Waals surface area contributed by atoms with Gasteiger partial charge < -0.3 is 20.3 Å². The quantitative estimate of drug-likeness (QED) is 0.600. The Morgan fingerprint density at radius 2 is 2.05 bits per heavy atom. The Kier molecular flexibility index (Phi) is 6.30. The minimum absolute atomic E-state index is 0.273. The third kappa shape index (κ3) is 6.69. The van der Waals surface area contributed by atoms with Gasteiger partial charge in [-0.3, -0.25) is 4.99 Å². The van der Waals surface area contributed by atoms with Gasteiger partial charge in [0.1, 0.15) is 5.60 Å². The number of rotatable bonds is 5. The molecular weight excluding hydrogens is 268 g/mol. The number of hydrogen-bond acceptors (Lipinski definition) is 3. The van der Waals surface area contributed by atoms with E-state index in [9.17, 15) is 4.79 Å². The highest BCUT2D eigenvalue weighted by Crippen LogP contribution is 2.28. The molecule has 6 nitrogen and oxygen atoms in total. The molecule has 1 aliphatic rings. The monoisotopic (exact) mass is 298 g/mol. The van der Waals surface area contributed by atoms with Crippen LogP contribution in [0.4, 0.5) is 4.79 Å². The normalized spacial score (nSPS) is 21.7. The number of nitrogens with one attached hydrogen (secondary N) is 2. The molecule has 0 radical (unpaired) electrons. The van der Waals surface area contributed by atoms with E-state index in [0.717, 1.165) is 11.9 Å². The van der Waals surface area contributed by atoms with Crippen molar-refractivity contribution in [1.29, 1.82) is 0 Å². The standard InChI is InChI=1S/C15H30N4O2/c1-7-19(14(20)21-15(3,4)5)9-8-17-13(16-6)18-12-10-11(12)2/h11-12H,7-10H2,1-6H3,(H2,16,17,18). The molecule has 122 valence electrons. The SMILES string of the molecule is CCN(CCNC(=NC)NC1CC1C)C(=O)OC(C)(C)C. The van der Waals surface area contributed by atoms with E-state index in [0.29, 0.717) is 25.7 Å². The van der Waals surface area contributed by atoms with Gasteiger partial charge >= 0.3 is 6.09 Å². The van der Waals surface area contributed by atoms with Crippen molar-refractivity contribution < 1.29 is 9.53 Å². The fraction of sp³-hybridized carbons (Fsp3) is 0.867. The first kappa shape index (κ1) is 17.6. The molecule has 0 aromatic rings. The summed E-state index contributed by atoms with van der Waals surface area (Å²) in [5.41, 5.74) is -0.461. The van der Waals surface area contributed by atoms with E-state index < -0.39 is 5.60 Å². The van der Waals surface area contributed by atoms with Crippen LogP contribution in [0.1, 0.15) is 41.0 Å². The lowest BCUT2D eigenvalue weighted by Gasteiger charge is -2.26. The molecule has 0 aliphatic heterocycles. The lowest BCUT2D eigenvalue weighted by atomic mass is 10.2. The zero-order chi connectivity index (χ0) is 16.0. The molecule has 1 aliphatic carbocycles. The molecule has 0 saturated heterocycles. The van der Waals surface area contributed by atoms with Crippen molar-refractivity contribution >= 4 is 12.1 Å². The van der Waals surface area contributed by atoms with Crippen molar-refractivity contribution in [3.63, 3.8) is 0 Å². The van der Waals surface area contributed by atoms with Gasteiger partial charge in [0.05, 0.1) is 0 Å². The molecule has 1 rings (SSSR count). The van der Waals surface area contributed by atoms with Crippen molar-refractivity contribution in [2.75, 3.05) is 26.7 Å². The summed E-state index contributed by atoms with van der Waals surface area (Å²) >= 11 is 0. The van der Waals surface area contributed by atoms with Crippen LogP contribution in [-0.4, -0.2) is 55.3 Å². The van der Waals surface area contributed by atoms with E-state index in [4.69, 9.17) is 4.74 Å². The van der Waals surface area contributed by atoms with Crippen LogP contribution < -0.4 is 10.6 Å². The van der Waals surface area contributed by atoms with Crippen LogP contribution in [0.15, 0.2) is 4.99 Å². The van der Waals surface area contributed by atoms with E-state index in [-0.39, 0.29) is 6.09 Å². The number of aliphatic imine (C=N–C) groups is 1. The van der Waals surface area contributed by atoms with E-state index in [2.05, 4.69) is 22.5 Å². The number of guanidine groups is 1. The summed E-state index contributed by atoms with van der Waals surface area (Å²) in [6.07, 6.45) is 0.922. The highest BCUT2D eigenvalue weighted by Gasteiger charge is 2.33. The first-order valence-corrected chi connectivity index (χ1v) is 7.72. The first-order chi connectivity index (χ1) is 9.76. The summed E-state index contributed by atoms with van der Waals surface area (Å²) in [5.74, 6) is 1.52. The van der Waals surface area contributed by atoms with E-state index >= 15 is 0 Å². The molecule has 1 amide bonds. The van der Waals surface area contributed by atoms with Gasteiger partial charge in [0, 0.05) is 32.7 Å². The zero-order valence-corrected chi connectivity index (χ0v) is 14.2. The van der Waals surface area contributed by atoms with Crippen LogP contribution in [0.25, 0.3) is 0 Å². The number of hydrogen-bond donors (Lipinski definition) is 2. The Morgan fingerprint density at radius 1 is 1.43 bits per heavy atom. The number of nitrogens with zero attached hydrogens (tertiary/aromatic N) is 2. The minimum Gasteiger partial charge on any atom is -0.444 e. The summed E-state index contributed by atoms with van der Waals surface area (Å²) in [5, 5.41) is 6.59. The Hall–Kier alpha value is -1.46. The van der Waals surface area contributed by atoms with Gasteiger partial charge in [0.2, 0.25) is 0 Å². The highest BCUT2D eigenvalue weighted by molar-refractivity contribution is 5.80. The number of amides is 1. The van der Waals surface area contributed by atoms with Gasteiger partial charge in [0.15, 0.2) is 5.96 Å². The van der Waals surface area contributed by atoms with Crippen molar-refractivity contribution in [2.45, 2.75) is 52.7 Å². The number of carbonyl (C=O) groups is 1. The lowest BCUT2D eigenvalue weighted by molar-refractivity contribution is 0.0264. The average Bonchev–Trinajstić information content (AvgIpc) is 3.06. The molecule has 1 saturated carbocycles. The largest absolute Gasteiger partial charge is 0.444 e. The van der Waals surface area contributed by atoms with E-state index in [1.807, 2.05) is 27.7 Å². The van der Waals surface area contributed by atoms with Crippen LogP contribution in [0.3, 0.4) is 0 Å². The summed E-state index contributed by atoms with van der Waals surface area (Å²) in [6, 6.07) is 0.532. The van der Waals surface area contributed by atoms with Gasteiger partial charge in [-0.2, -0.15) is 0 Å². The molecular formula is C15H30N4O2. The molecule has 0 heterocycles. The molecule has 0 spiro atoms. The number of carbonyl (C=O) groups excluding carboxylic acids is 1. The molecule has 2 atom stereocenters.